The van der Waals surface area contributed by atoms with Crippen molar-refractivity contribution in [1.82, 2.24) is 19.9 Å². The lowest BCUT2D eigenvalue weighted by Crippen LogP contribution is -2.51. The van der Waals surface area contributed by atoms with Crippen LogP contribution in [0.5, 0.6) is 0 Å². The van der Waals surface area contributed by atoms with Gasteiger partial charge in [-0.1, -0.05) is 0 Å². The molecule has 0 aromatic carbocycles. The summed E-state index contributed by atoms with van der Waals surface area (Å²) in [7, 11) is 0. The molecule has 0 saturated carbocycles. The number of amides is 1. The van der Waals surface area contributed by atoms with E-state index in [4.69, 9.17) is 9.47 Å². The molecule has 1 N–H and O–H groups in total. The van der Waals surface area contributed by atoms with Crippen molar-refractivity contribution in [2.75, 3.05) is 44.3 Å². The number of thiazole rings is 1. The second kappa shape index (κ2) is 7.31. The first-order valence-corrected chi connectivity index (χ1v) is 10.6. The minimum absolute atomic E-state index is 0.0863. The van der Waals surface area contributed by atoms with Gasteiger partial charge in [0.05, 0.1) is 24.6 Å². The lowest BCUT2D eigenvalue weighted by molar-refractivity contribution is -0.104. The van der Waals surface area contributed by atoms with Gasteiger partial charge in [-0.25, -0.2) is 14.8 Å². The molecular weight excluding hydrogens is 390 g/mol. The summed E-state index contributed by atoms with van der Waals surface area (Å²) in [5.74, 6) is 0. The number of carbonyl (C=O) groups excluding carboxylic acids is 1. The van der Waals surface area contributed by atoms with Gasteiger partial charge in [0, 0.05) is 48.3 Å². The largest absolute Gasteiger partial charge is 0.441 e. The van der Waals surface area contributed by atoms with Crippen LogP contribution in [0.1, 0.15) is 10.6 Å². The van der Waals surface area contributed by atoms with Crippen LogP contribution in [0.2, 0.25) is 0 Å². The summed E-state index contributed by atoms with van der Waals surface area (Å²) in [6.07, 6.45) is 1.50. The van der Waals surface area contributed by atoms with E-state index in [2.05, 4.69) is 32.8 Å². The number of aromatic nitrogens is 3. The van der Waals surface area contributed by atoms with Crippen LogP contribution >= 0.6 is 11.3 Å². The second-order valence-corrected chi connectivity index (χ2v) is 8.66. The van der Waals surface area contributed by atoms with E-state index in [0.717, 1.165) is 46.2 Å². The molecule has 2 saturated heterocycles. The number of aryl methyl sites for hydroxylation is 2. The molecule has 0 aliphatic carbocycles. The Morgan fingerprint density at radius 2 is 2.07 bits per heavy atom. The van der Waals surface area contributed by atoms with Crippen LogP contribution in [-0.2, 0) is 9.47 Å². The fourth-order valence-electron chi connectivity index (χ4n) is 3.62. The van der Waals surface area contributed by atoms with Crippen LogP contribution < -0.4 is 4.90 Å². The third-order valence-corrected chi connectivity index (χ3v) is 6.63. The fourth-order valence-corrected chi connectivity index (χ4v) is 4.51. The SMILES string of the molecule is Cc1nc(-c2cc3c(N4CCN(C(=O)OC5COC5)CC4)ccnc3[nH]2)sc1C. The standard InChI is InChI=1S/C20H23N5O3S/c1-12-13(2)29-19(22-12)16-9-15-17(3-4-21-18(15)23-16)24-5-7-25(8-6-24)20(26)28-14-10-27-11-14/h3-4,9,14H,5-8,10-11H2,1-2H3,(H,21,23). The van der Waals surface area contributed by atoms with Crippen LogP contribution in [0.3, 0.4) is 0 Å². The van der Waals surface area contributed by atoms with Crippen molar-refractivity contribution in [3.63, 3.8) is 0 Å². The van der Waals surface area contributed by atoms with Crippen molar-refractivity contribution in [3.8, 4) is 10.7 Å². The number of fused-ring (bicyclic) bond motifs is 1. The predicted molar refractivity (Wildman–Crippen MR) is 112 cm³/mol. The van der Waals surface area contributed by atoms with E-state index >= 15 is 0 Å². The van der Waals surface area contributed by atoms with Crippen molar-refractivity contribution in [2.45, 2.75) is 20.0 Å². The maximum atomic E-state index is 12.3. The Hall–Kier alpha value is -2.65. The zero-order valence-electron chi connectivity index (χ0n) is 16.5. The van der Waals surface area contributed by atoms with Gasteiger partial charge in [-0.2, -0.15) is 0 Å². The molecule has 8 nitrogen and oxygen atoms in total. The molecule has 0 bridgehead atoms. The summed E-state index contributed by atoms with van der Waals surface area (Å²) >= 11 is 1.69. The Morgan fingerprint density at radius 1 is 1.28 bits per heavy atom. The van der Waals surface area contributed by atoms with Crippen LogP contribution in [0.25, 0.3) is 21.7 Å². The van der Waals surface area contributed by atoms with Crippen molar-refractivity contribution in [3.05, 3.63) is 28.9 Å². The molecule has 0 unspecified atom stereocenters. The average Bonchev–Trinajstić information content (AvgIpc) is 3.28. The van der Waals surface area contributed by atoms with E-state index in [9.17, 15) is 4.79 Å². The molecule has 2 fully saturated rings. The van der Waals surface area contributed by atoms with Gasteiger partial charge in [0.15, 0.2) is 6.10 Å². The number of pyridine rings is 1. The predicted octanol–water partition coefficient (Wildman–Crippen LogP) is 2.96. The average molecular weight is 414 g/mol. The monoisotopic (exact) mass is 413 g/mol. The number of hydrogen-bond acceptors (Lipinski definition) is 7. The van der Waals surface area contributed by atoms with Crippen molar-refractivity contribution < 1.29 is 14.3 Å². The van der Waals surface area contributed by atoms with Gasteiger partial charge in [0.1, 0.15) is 10.7 Å². The normalized spacial score (nSPS) is 17.6. The highest BCUT2D eigenvalue weighted by atomic mass is 32.1. The molecule has 29 heavy (non-hydrogen) atoms. The van der Waals surface area contributed by atoms with Gasteiger partial charge in [-0.3, -0.25) is 0 Å². The summed E-state index contributed by atoms with van der Waals surface area (Å²) < 4.78 is 10.5. The number of ether oxygens (including phenoxy) is 2. The molecule has 5 rings (SSSR count). The molecule has 9 heteroatoms. The van der Waals surface area contributed by atoms with Crippen LogP contribution in [0, 0.1) is 13.8 Å². The minimum Gasteiger partial charge on any atom is -0.441 e. The first-order chi connectivity index (χ1) is 14.1. The third kappa shape index (κ3) is 3.44. The molecule has 2 aliphatic rings. The van der Waals surface area contributed by atoms with E-state index in [1.54, 1.807) is 16.2 Å². The maximum Gasteiger partial charge on any atom is 0.410 e. The van der Waals surface area contributed by atoms with E-state index in [0.29, 0.717) is 26.3 Å². The van der Waals surface area contributed by atoms with E-state index in [1.165, 1.54) is 4.88 Å². The van der Waals surface area contributed by atoms with Crippen molar-refractivity contribution in [1.29, 1.82) is 0 Å². The quantitative estimate of drug-likeness (QED) is 0.711. The number of anilines is 1. The maximum absolute atomic E-state index is 12.3. The summed E-state index contributed by atoms with van der Waals surface area (Å²) in [5.41, 5.74) is 4.04. The van der Waals surface area contributed by atoms with Crippen molar-refractivity contribution >= 4 is 34.2 Å². The third-order valence-electron chi connectivity index (χ3n) is 5.52. The van der Waals surface area contributed by atoms with Crippen LogP contribution in [0.15, 0.2) is 18.3 Å². The van der Waals surface area contributed by atoms with Gasteiger partial charge < -0.3 is 24.3 Å². The molecule has 0 spiro atoms. The van der Waals surface area contributed by atoms with Gasteiger partial charge in [-0.15, -0.1) is 11.3 Å². The Morgan fingerprint density at radius 3 is 2.72 bits per heavy atom. The van der Waals surface area contributed by atoms with Gasteiger partial charge in [0.25, 0.3) is 0 Å². The zero-order valence-corrected chi connectivity index (χ0v) is 17.3. The Kier molecular flexibility index (Phi) is 4.63. The van der Waals surface area contributed by atoms with Crippen LogP contribution in [-0.4, -0.2) is 71.4 Å². The highest BCUT2D eigenvalue weighted by molar-refractivity contribution is 7.15. The number of rotatable bonds is 3. The van der Waals surface area contributed by atoms with Crippen LogP contribution in [0.4, 0.5) is 10.5 Å². The number of piperazine rings is 1. The van der Waals surface area contributed by atoms with Crippen molar-refractivity contribution in [2.24, 2.45) is 0 Å². The molecule has 2 aliphatic heterocycles. The van der Waals surface area contributed by atoms with Gasteiger partial charge in [0.2, 0.25) is 0 Å². The minimum atomic E-state index is -0.240. The highest BCUT2D eigenvalue weighted by Crippen LogP contribution is 2.33. The second-order valence-electron chi connectivity index (χ2n) is 7.45. The number of aromatic amines is 1. The number of H-pyrrole nitrogens is 1. The molecule has 5 heterocycles. The summed E-state index contributed by atoms with van der Waals surface area (Å²) in [4.78, 5) is 30.1. The topological polar surface area (TPSA) is 83.6 Å². The molecule has 0 atom stereocenters. The summed E-state index contributed by atoms with van der Waals surface area (Å²) in [6.45, 7) is 7.92. The summed E-state index contributed by atoms with van der Waals surface area (Å²) in [6, 6.07) is 4.17. The van der Waals surface area contributed by atoms with E-state index < -0.39 is 0 Å². The Bertz CT molecular complexity index is 1030. The van der Waals surface area contributed by atoms with E-state index in [1.807, 2.05) is 19.2 Å². The molecule has 0 radical (unpaired) electrons. The molecule has 3 aromatic heterocycles. The molecular formula is C20H23N5O3S. The molecule has 1 amide bonds. The van der Waals surface area contributed by atoms with Gasteiger partial charge >= 0.3 is 6.09 Å². The number of carbonyl (C=O) groups is 1. The van der Waals surface area contributed by atoms with E-state index in [-0.39, 0.29) is 12.2 Å². The molecule has 152 valence electrons. The van der Waals surface area contributed by atoms with Gasteiger partial charge in [-0.05, 0) is 26.0 Å². The Balaban J connectivity index is 1.33. The lowest BCUT2D eigenvalue weighted by atomic mass is 10.2. The lowest BCUT2D eigenvalue weighted by Gasteiger charge is -2.37. The zero-order chi connectivity index (χ0) is 20.0. The first-order valence-electron chi connectivity index (χ1n) is 9.79. The highest BCUT2D eigenvalue weighted by Gasteiger charge is 2.28. The first kappa shape index (κ1) is 18.4. The smallest absolute Gasteiger partial charge is 0.410 e. The Labute approximate surface area is 172 Å². The summed E-state index contributed by atoms with van der Waals surface area (Å²) in [5, 5.41) is 2.06. The fraction of sp³-hybridized carbons (Fsp3) is 0.450. The number of nitrogens with zero attached hydrogens (tertiary/aromatic N) is 4. The number of nitrogens with one attached hydrogen (secondary N) is 1. The number of hydrogen-bond donors (Lipinski definition) is 1. The molecule has 3 aromatic rings.